The van der Waals surface area contributed by atoms with E-state index in [-0.39, 0.29) is 18.4 Å². The first-order valence-electron chi connectivity index (χ1n) is 16.3. The highest BCUT2D eigenvalue weighted by Gasteiger charge is 2.36. The van der Waals surface area contributed by atoms with Crippen LogP contribution in [0.5, 0.6) is 11.5 Å². The molecule has 1 aromatic heterocycles. The van der Waals surface area contributed by atoms with Crippen LogP contribution in [0.2, 0.25) is 5.02 Å². The summed E-state index contributed by atoms with van der Waals surface area (Å²) in [5.41, 5.74) is 5.52. The van der Waals surface area contributed by atoms with Crippen LogP contribution in [0.15, 0.2) is 75.5 Å². The largest absolute Gasteiger partial charge is 0.490 e. The van der Waals surface area contributed by atoms with Gasteiger partial charge in [0.25, 0.3) is 11.8 Å². The second-order valence-electron chi connectivity index (χ2n) is 11.9. The molecular formula is C36H38BrClN6O5S. The minimum absolute atomic E-state index is 0.136. The Morgan fingerprint density at radius 3 is 2.64 bits per heavy atom. The number of halogens is 2. The summed E-state index contributed by atoms with van der Waals surface area (Å²) in [7, 11) is 0. The van der Waals surface area contributed by atoms with Gasteiger partial charge in [-0.15, -0.1) is 5.10 Å². The third-order valence-corrected chi connectivity index (χ3v) is 10.4. The average Bonchev–Trinajstić information content (AvgIpc) is 3.51. The van der Waals surface area contributed by atoms with Crippen LogP contribution in [-0.2, 0) is 20.1 Å². The van der Waals surface area contributed by atoms with Crippen molar-refractivity contribution in [1.29, 1.82) is 0 Å². The Bertz CT molecular complexity index is 1950. The molecule has 262 valence electrons. The number of nitrogens with one attached hydrogen (secondary N) is 2. The van der Waals surface area contributed by atoms with E-state index in [0.717, 1.165) is 22.4 Å². The highest BCUT2D eigenvalue weighted by molar-refractivity contribution is 9.10. The lowest BCUT2D eigenvalue weighted by molar-refractivity contribution is -0.137. The molecule has 1 saturated heterocycles. The number of benzene rings is 3. The average molecular weight is 782 g/mol. The van der Waals surface area contributed by atoms with Crippen LogP contribution in [0.1, 0.15) is 42.1 Å². The fraction of sp³-hybridized carbons (Fsp3) is 0.333. The van der Waals surface area contributed by atoms with E-state index >= 15 is 0 Å². The smallest absolute Gasteiger partial charge is 0.260 e. The number of thioether (sulfide) groups is 1. The van der Waals surface area contributed by atoms with Crippen LogP contribution in [0.25, 0.3) is 0 Å². The second-order valence-corrected chi connectivity index (χ2v) is 14.1. The van der Waals surface area contributed by atoms with Gasteiger partial charge in [0.2, 0.25) is 11.1 Å². The summed E-state index contributed by atoms with van der Waals surface area (Å²) in [6.07, 6.45) is 0. The van der Waals surface area contributed by atoms with Gasteiger partial charge in [0.15, 0.2) is 18.1 Å². The minimum atomic E-state index is -0.696. The molecule has 2 aliphatic heterocycles. The first kappa shape index (κ1) is 35.8. The molecule has 1 unspecified atom stereocenters. The molecule has 2 N–H and O–H groups in total. The Morgan fingerprint density at radius 2 is 1.88 bits per heavy atom. The quantitative estimate of drug-likeness (QED) is 0.153. The van der Waals surface area contributed by atoms with Crippen molar-refractivity contribution in [1.82, 2.24) is 19.7 Å². The number of ether oxygens (including phenoxy) is 3. The van der Waals surface area contributed by atoms with Crippen LogP contribution in [0, 0.1) is 13.8 Å². The summed E-state index contributed by atoms with van der Waals surface area (Å²) >= 11 is 11.6. The number of allylic oxidation sites excluding steroid dienone is 1. The molecule has 3 aromatic carbocycles. The molecule has 0 spiro atoms. The van der Waals surface area contributed by atoms with Gasteiger partial charge in [0.1, 0.15) is 6.04 Å². The Kier molecular flexibility index (Phi) is 11.4. The van der Waals surface area contributed by atoms with Gasteiger partial charge in [0, 0.05) is 35.2 Å². The lowest BCUT2D eigenvalue weighted by Gasteiger charge is -2.30. The van der Waals surface area contributed by atoms with Crippen molar-refractivity contribution in [3.8, 4) is 11.5 Å². The maximum atomic E-state index is 14.3. The molecule has 0 radical (unpaired) electrons. The van der Waals surface area contributed by atoms with Gasteiger partial charge in [-0.05, 0) is 90.1 Å². The third kappa shape index (κ3) is 7.80. The molecule has 11 nitrogen and oxygen atoms in total. The van der Waals surface area contributed by atoms with E-state index in [2.05, 4.69) is 26.6 Å². The number of aryl methyl sites for hydroxylation is 1. The predicted octanol–water partition coefficient (Wildman–Crippen LogP) is 7.17. The molecule has 3 heterocycles. The van der Waals surface area contributed by atoms with E-state index < -0.39 is 6.04 Å². The van der Waals surface area contributed by atoms with Crippen LogP contribution < -0.4 is 20.1 Å². The molecular weight excluding hydrogens is 744 g/mol. The molecule has 1 atom stereocenters. The van der Waals surface area contributed by atoms with Crippen molar-refractivity contribution in [3.05, 3.63) is 97.6 Å². The van der Waals surface area contributed by atoms with E-state index in [1.807, 2.05) is 82.3 Å². The normalized spacial score (nSPS) is 15.7. The first-order chi connectivity index (χ1) is 24.1. The molecule has 14 heteroatoms. The van der Waals surface area contributed by atoms with Crippen molar-refractivity contribution in [2.24, 2.45) is 0 Å². The van der Waals surface area contributed by atoms with Crippen molar-refractivity contribution in [2.45, 2.75) is 44.6 Å². The molecule has 2 aliphatic rings. The van der Waals surface area contributed by atoms with E-state index in [1.165, 1.54) is 11.8 Å². The van der Waals surface area contributed by atoms with Gasteiger partial charge >= 0.3 is 0 Å². The van der Waals surface area contributed by atoms with Gasteiger partial charge in [-0.25, -0.2) is 4.68 Å². The second kappa shape index (κ2) is 15.9. The summed E-state index contributed by atoms with van der Waals surface area (Å²) in [6.45, 7) is 9.95. The molecule has 6 rings (SSSR count). The maximum absolute atomic E-state index is 14.3. The fourth-order valence-corrected chi connectivity index (χ4v) is 7.50. The number of rotatable bonds is 11. The number of anilines is 2. The van der Waals surface area contributed by atoms with Gasteiger partial charge in [-0.1, -0.05) is 53.7 Å². The van der Waals surface area contributed by atoms with Gasteiger partial charge in [0.05, 0.1) is 29.9 Å². The molecule has 50 heavy (non-hydrogen) atoms. The summed E-state index contributed by atoms with van der Waals surface area (Å²) in [5.74, 6) is 1.45. The maximum Gasteiger partial charge on any atom is 0.260 e. The lowest BCUT2D eigenvalue weighted by Crippen LogP contribution is -2.43. The summed E-state index contributed by atoms with van der Waals surface area (Å²) in [4.78, 5) is 33.7. The summed E-state index contributed by atoms with van der Waals surface area (Å²) in [5, 5.41) is 12.5. The number of carbonyl (C=O) groups excluding carboxylic acids is 2. The number of amides is 2. The standard InChI is InChI=1S/C36H38BrClN6O5S/c1-5-48-29-18-25(17-26(37)33(29)49-19-30(45)43-13-15-47-16-14-43)32-31(34(46)40-28-12-8-9-21(2)22(28)3)23(4)39-35-41-36(42-44(32)35)50-20-24-10-6-7-11-27(24)38/h6-12,17-18,32H,5,13-16,19-20H2,1-4H3,(H,40,46)(H,39,41,42). The number of fused-ring (bicyclic) bond motifs is 1. The van der Waals surface area contributed by atoms with Crippen LogP contribution in [-0.4, -0.2) is 71.0 Å². The number of hydrogen-bond donors (Lipinski definition) is 2. The van der Waals surface area contributed by atoms with E-state index in [9.17, 15) is 9.59 Å². The summed E-state index contributed by atoms with van der Waals surface area (Å²) in [6, 6.07) is 16.5. The predicted molar refractivity (Wildman–Crippen MR) is 198 cm³/mol. The number of hydrogen-bond acceptors (Lipinski definition) is 9. The van der Waals surface area contributed by atoms with Crippen molar-refractivity contribution in [3.63, 3.8) is 0 Å². The monoisotopic (exact) mass is 780 g/mol. The lowest BCUT2D eigenvalue weighted by atomic mass is 9.94. The first-order valence-corrected chi connectivity index (χ1v) is 18.4. The molecule has 4 aromatic rings. The van der Waals surface area contributed by atoms with Crippen molar-refractivity contribution in [2.75, 3.05) is 50.2 Å². The number of aromatic nitrogens is 3. The zero-order valence-electron chi connectivity index (χ0n) is 28.2. The fourth-order valence-electron chi connectivity index (χ4n) is 5.82. The molecule has 2 amide bonds. The van der Waals surface area contributed by atoms with Crippen molar-refractivity contribution >= 4 is 62.7 Å². The highest BCUT2D eigenvalue weighted by atomic mass is 79.9. The van der Waals surface area contributed by atoms with E-state index in [1.54, 1.807) is 9.58 Å². The highest BCUT2D eigenvalue weighted by Crippen LogP contribution is 2.44. The van der Waals surface area contributed by atoms with Gasteiger partial charge < -0.3 is 29.7 Å². The molecule has 0 aliphatic carbocycles. The SMILES string of the molecule is CCOc1cc(C2C(C(=O)Nc3cccc(C)c3C)=C(C)Nc3nc(SCc4ccccc4Cl)nn32)cc(Br)c1OCC(=O)N1CCOCC1. The number of nitrogens with zero attached hydrogens (tertiary/aromatic N) is 4. The Balaban J connectivity index is 1.37. The minimum Gasteiger partial charge on any atom is -0.490 e. The molecule has 0 bridgehead atoms. The van der Waals surface area contributed by atoms with Gasteiger partial charge in [-0.3, -0.25) is 9.59 Å². The number of morpholine rings is 1. The van der Waals surface area contributed by atoms with Crippen molar-refractivity contribution < 1.29 is 23.8 Å². The van der Waals surface area contributed by atoms with E-state index in [4.69, 9.17) is 35.9 Å². The third-order valence-electron chi connectivity index (χ3n) is 8.60. The van der Waals surface area contributed by atoms with Crippen LogP contribution in [0.4, 0.5) is 11.6 Å². The van der Waals surface area contributed by atoms with Crippen LogP contribution in [0.3, 0.4) is 0 Å². The Hall–Kier alpha value is -4.04. The topological polar surface area (TPSA) is 120 Å². The molecule has 0 saturated carbocycles. The Labute approximate surface area is 308 Å². The number of carbonyl (C=O) groups is 2. The van der Waals surface area contributed by atoms with Crippen LogP contribution >= 0.6 is 39.3 Å². The van der Waals surface area contributed by atoms with E-state index in [0.29, 0.717) is 87.6 Å². The zero-order chi connectivity index (χ0) is 35.4. The summed E-state index contributed by atoms with van der Waals surface area (Å²) < 4.78 is 19.8. The van der Waals surface area contributed by atoms with Gasteiger partial charge in [-0.2, -0.15) is 4.98 Å². The zero-order valence-corrected chi connectivity index (χ0v) is 31.4. The Morgan fingerprint density at radius 1 is 1.10 bits per heavy atom. The molecule has 1 fully saturated rings.